The van der Waals surface area contributed by atoms with Crippen molar-refractivity contribution in [3.63, 3.8) is 0 Å². The molecule has 5 nitrogen and oxygen atoms in total. The van der Waals surface area contributed by atoms with E-state index in [9.17, 15) is 0 Å². The summed E-state index contributed by atoms with van der Waals surface area (Å²) < 4.78 is 1.81. The summed E-state index contributed by atoms with van der Waals surface area (Å²) in [4.78, 5) is 4.75. The van der Waals surface area contributed by atoms with Crippen LogP contribution in [0.5, 0.6) is 0 Å². The predicted octanol–water partition coefficient (Wildman–Crippen LogP) is 3.76. The molecule has 0 aliphatic heterocycles. The second kappa shape index (κ2) is 4.98. The molecule has 23 heavy (non-hydrogen) atoms. The first-order valence-corrected chi connectivity index (χ1v) is 7.48. The maximum atomic E-state index is 6.13. The minimum absolute atomic E-state index is 0.482. The molecule has 0 radical (unpaired) electrons. The highest BCUT2D eigenvalue weighted by Gasteiger charge is 2.16. The van der Waals surface area contributed by atoms with Gasteiger partial charge in [-0.2, -0.15) is 5.10 Å². The maximum Gasteiger partial charge on any atom is 0.157 e. The van der Waals surface area contributed by atoms with Gasteiger partial charge in [-0.15, -0.1) is 0 Å². The van der Waals surface area contributed by atoms with Crippen LogP contribution in [0.4, 0.5) is 17.3 Å². The van der Waals surface area contributed by atoms with Gasteiger partial charge in [0.1, 0.15) is 5.82 Å². The lowest BCUT2D eigenvalue weighted by atomic mass is 10.1. The van der Waals surface area contributed by atoms with E-state index >= 15 is 0 Å². The van der Waals surface area contributed by atoms with Gasteiger partial charge >= 0.3 is 0 Å². The Labute approximate surface area is 133 Å². The predicted molar refractivity (Wildman–Crippen MR) is 94.9 cm³/mol. The lowest BCUT2D eigenvalue weighted by molar-refractivity contribution is 0.804. The fraction of sp³-hybridized carbons (Fsp3) is 0.111. The van der Waals surface area contributed by atoms with Crippen molar-refractivity contribution in [3.05, 3.63) is 54.1 Å². The zero-order valence-electron chi connectivity index (χ0n) is 13.0. The molecule has 0 spiro atoms. The summed E-state index contributed by atoms with van der Waals surface area (Å²) in [5.41, 5.74) is 10.2. The molecule has 0 fully saturated rings. The number of nitrogens with one attached hydrogen (secondary N) is 1. The van der Waals surface area contributed by atoms with Crippen molar-refractivity contribution in [2.24, 2.45) is 7.05 Å². The van der Waals surface area contributed by atoms with Gasteiger partial charge in [-0.25, -0.2) is 4.98 Å². The number of pyridine rings is 1. The molecular formula is C18H17N5. The van der Waals surface area contributed by atoms with Crippen molar-refractivity contribution in [3.8, 4) is 0 Å². The van der Waals surface area contributed by atoms with Crippen LogP contribution in [-0.2, 0) is 7.05 Å². The molecule has 2 aromatic heterocycles. The van der Waals surface area contributed by atoms with Gasteiger partial charge in [-0.05, 0) is 25.1 Å². The molecule has 3 N–H and O–H groups in total. The number of nitrogen functional groups attached to an aromatic ring is 1. The third kappa shape index (κ3) is 2.17. The quantitative estimate of drug-likeness (QED) is 0.591. The Morgan fingerprint density at radius 1 is 1.04 bits per heavy atom. The second-order valence-corrected chi connectivity index (χ2v) is 5.70. The van der Waals surface area contributed by atoms with Crippen LogP contribution in [0.2, 0.25) is 0 Å². The molecule has 2 heterocycles. The number of aromatic nitrogens is 3. The van der Waals surface area contributed by atoms with Crippen molar-refractivity contribution in [1.29, 1.82) is 0 Å². The number of nitrogens with zero attached hydrogens (tertiary/aromatic N) is 3. The lowest BCUT2D eigenvalue weighted by Gasteiger charge is -2.10. The van der Waals surface area contributed by atoms with Crippen LogP contribution in [0.15, 0.2) is 48.5 Å². The van der Waals surface area contributed by atoms with E-state index in [1.807, 2.05) is 48.1 Å². The molecule has 0 saturated carbocycles. The first kappa shape index (κ1) is 13.6. The number of fused-ring (bicyclic) bond motifs is 3. The van der Waals surface area contributed by atoms with Gasteiger partial charge < -0.3 is 11.1 Å². The summed E-state index contributed by atoms with van der Waals surface area (Å²) in [6.07, 6.45) is 0. The van der Waals surface area contributed by atoms with Crippen molar-refractivity contribution in [1.82, 2.24) is 14.8 Å². The fourth-order valence-electron chi connectivity index (χ4n) is 2.90. The molecular weight excluding hydrogens is 286 g/mol. The topological polar surface area (TPSA) is 68.8 Å². The molecule has 0 aliphatic carbocycles. The third-order valence-corrected chi connectivity index (χ3v) is 4.02. The van der Waals surface area contributed by atoms with Gasteiger partial charge in [0.25, 0.3) is 0 Å². The Morgan fingerprint density at radius 2 is 1.78 bits per heavy atom. The summed E-state index contributed by atoms with van der Waals surface area (Å²) in [6, 6.07) is 16.2. The van der Waals surface area contributed by atoms with Crippen molar-refractivity contribution < 1.29 is 0 Å². The van der Waals surface area contributed by atoms with E-state index < -0.39 is 0 Å². The number of rotatable bonds is 2. The van der Waals surface area contributed by atoms with Crippen molar-refractivity contribution in [2.75, 3.05) is 11.1 Å². The van der Waals surface area contributed by atoms with E-state index in [1.54, 1.807) is 0 Å². The molecule has 0 bridgehead atoms. The molecule has 0 atom stereocenters. The third-order valence-electron chi connectivity index (χ3n) is 4.02. The Bertz CT molecular complexity index is 1020. The van der Waals surface area contributed by atoms with Gasteiger partial charge in [0, 0.05) is 18.1 Å². The Hall–Kier alpha value is -3.08. The average Bonchev–Trinajstić information content (AvgIpc) is 2.85. The lowest BCUT2D eigenvalue weighted by Crippen LogP contribution is -1.97. The van der Waals surface area contributed by atoms with Gasteiger partial charge in [0.2, 0.25) is 0 Å². The summed E-state index contributed by atoms with van der Waals surface area (Å²) in [6.45, 7) is 2.06. The normalized spacial score (nSPS) is 11.2. The number of para-hydroxylation sites is 1. The van der Waals surface area contributed by atoms with E-state index in [2.05, 4.69) is 29.5 Å². The van der Waals surface area contributed by atoms with Gasteiger partial charge in [-0.3, -0.25) is 4.68 Å². The zero-order valence-corrected chi connectivity index (χ0v) is 13.0. The standard InChI is InChI=1S/C18H17N5/c1-11-7-9-12(10-8-11)20-18-15-16(23(2)22-17(15)19)13-5-3-4-6-14(13)21-18/h3-10H,1-2H3,(H2,19,22)(H,20,21). The van der Waals surface area contributed by atoms with E-state index in [-0.39, 0.29) is 0 Å². The number of hydrogen-bond donors (Lipinski definition) is 2. The maximum absolute atomic E-state index is 6.13. The van der Waals surface area contributed by atoms with E-state index in [0.29, 0.717) is 5.82 Å². The van der Waals surface area contributed by atoms with E-state index in [4.69, 9.17) is 10.7 Å². The minimum Gasteiger partial charge on any atom is -0.382 e. The number of anilines is 3. The first-order chi connectivity index (χ1) is 11.1. The number of benzene rings is 2. The Morgan fingerprint density at radius 3 is 2.57 bits per heavy atom. The van der Waals surface area contributed by atoms with Crippen LogP contribution in [-0.4, -0.2) is 14.8 Å². The fourth-order valence-corrected chi connectivity index (χ4v) is 2.90. The summed E-state index contributed by atoms with van der Waals surface area (Å²) >= 11 is 0. The number of aryl methyl sites for hydroxylation is 2. The molecule has 4 rings (SSSR count). The molecule has 0 aliphatic rings. The summed E-state index contributed by atoms with van der Waals surface area (Å²) in [7, 11) is 1.90. The first-order valence-electron chi connectivity index (χ1n) is 7.48. The van der Waals surface area contributed by atoms with E-state index in [1.165, 1.54) is 5.56 Å². The van der Waals surface area contributed by atoms with Crippen LogP contribution in [0.1, 0.15) is 5.56 Å². The van der Waals surface area contributed by atoms with Gasteiger partial charge in [-0.1, -0.05) is 35.9 Å². The highest BCUT2D eigenvalue weighted by Crippen LogP contribution is 2.34. The summed E-state index contributed by atoms with van der Waals surface area (Å²) in [5.74, 6) is 1.21. The molecule has 4 aromatic rings. The average molecular weight is 303 g/mol. The van der Waals surface area contributed by atoms with Crippen LogP contribution in [0, 0.1) is 6.92 Å². The smallest absolute Gasteiger partial charge is 0.157 e. The SMILES string of the molecule is Cc1ccc(Nc2nc3ccccc3c3c2c(N)nn3C)cc1. The second-order valence-electron chi connectivity index (χ2n) is 5.70. The Balaban J connectivity index is 1.98. The molecule has 0 amide bonds. The monoisotopic (exact) mass is 303 g/mol. The molecule has 0 saturated heterocycles. The minimum atomic E-state index is 0.482. The highest BCUT2D eigenvalue weighted by molar-refractivity contribution is 6.12. The van der Waals surface area contributed by atoms with Crippen molar-refractivity contribution in [2.45, 2.75) is 6.92 Å². The molecule has 114 valence electrons. The van der Waals surface area contributed by atoms with Crippen molar-refractivity contribution >= 4 is 39.1 Å². The number of hydrogen-bond acceptors (Lipinski definition) is 4. The van der Waals surface area contributed by atoms with Gasteiger partial charge in [0.15, 0.2) is 5.82 Å². The van der Waals surface area contributed by atoms with Crippen LogP contribution < -0.4 is 11.1 Å². The van der Waals surface area contributed by atoms with Crippen LogP contribution in [0.25, 0.3) is 21.8 Å². The largest absolute Gasteiger partial charge is 0.382 e. The van der Waals surface area contributed by atoms with E-state index in [0.717, 1.165) is 33.3 Å². The molecule has 5 heteroatoms. The highest BCUT2D eigenvalue weighted by atomic mass is 15.3. The zero-order chi connectivity index (χ0) is 16.0. The number of nitrogens with two attached hydrogens (primary N) is 1. The van der Waals surface area contributed by atoms with Gasteiger partial charge in [0.05, 0.1) is 16.4 Å². The molecule has 2 aromatic carbocycles. The molecule has 0 unspecified atom stereocenters. The summed E-state index contributed by atoms with van der Waals surface area (Å²) in [5, 5.41) is 9.65. The van der Waals surface area contributed by atoms with Crippen LogP contribution in [0.3, 0.4) is 0 Å². The Kier molecular flexibility index (Phi) is 2.94. The van der Waals surface area contributed by atoms with Crippen LogP contribution >= 0.6 is 0 Å².